The average Bonchev–Trinajstić information content (AvgIpc) is 3.16. The number of thiophene rings is 1. The molecule has 2 aromatic heterocycles. The number of hydrogen-bond acceptors (Lipinski definition) is 4. The molecule has 5 heteroatoms. The van der Waals surface area contributed by atoms with E-state index in [2.05, 4.69) is 0 Å². The van der Waals surface area contributed by atoms with Gasteiger partial charge in [-0.2, -0.15) is 0 Å². The summed E-state index contributed by atoms with van der Waals surface area (Å²) in [6.07, 6.45) is 0. The van der Waals surface area contributed by atoms with E-state index in [1.165, 1.54) is 11.3 Å². The maximum absolute atomic E-state index is 13.1. The van der Waals surface area contributed by atoms with Gasteiger partial charge in [-0.1, -0.05) is 41.9 Å². The molecule has 3 nitrogen and oxygen atoms in total. The molecule has 4 rings (SSSR count). The van der Waals surface area contributed by atoms with Gasteiger partial charge in [0.1, 0.15) is 11.1 Å². The molecule has 0 aliphatic rings. The minimum absolute atomic E-state index is 0.00856. The van der Waals surface area contributed by atoms with E-state index in [-0.39, 0.29) is 22.3 Å². The number of ketones is 1. The summed E-state index contributed by atoms with van der Waals surface area (Å²) in [4.78, 5) is 26.9. The second kappa shape index (κ2) is 6.31. The summed E-state index contributed by atoms with van der Waals surface area (Å²) < 4.78 is 5.95. The molecule has 0 saturated heterocycles. The van der Waals surface area contributed by atoms with Gasteiger partial charge in [-0.3, -0.25) is 9.59 Å². The molecule has 2 aromatic carbocycles. The molecule has 2 heterocycles. The van der Waals surface area contributed by atoms with E-state index in [9.17, 15) is 9.59 Å². The van der Waals surface area contributed by atoms with Gasteiger partial charge in [0, 0.05) is 5.56 Å². The molecule has 0 fully saturated rings. The Morgan fingerprint density at radius 1 is 0.960 bits per heavy atom. The van der Waals surface area contributed by atoms with Crippen LogP contribution in [0.3, 0.4) is 0 Å². The fourth-order valence-electron chi connectivity index (χ4n) is 2.71. The Bertz CT molecular complexity index is 1140. The van der Waals surface area contributed by atoms with Crippen molar-refractivity contribution in [3.63, 3.8) is 0 Å². The third-order valence-electron chi connectivity index (χ3n) is 3.89. The number of carbonyl (C=O) groups excluding carboxylic acids is 1. The van der Waals surface area contributed by atoms with Crippen LogP contribution in [0.25, 0.3) is 21.6 Å². The molecule has 0 atom stereocenters. The Hall–Kier alpha value is -2.69. The number of carbonyl (C=O) groups is 1. The monoisotopic (exact) mass is 366 g/mol. The largest absolute Gasteiger partial charge is 0.454 e. The van der Waals surface area contributed by atoms with Gasteiger partial charge in [0.2, 0.25) is 11.2 Å². The Morgan fingerprint density at radius 2 is 1.72 bits per heavy atom. The molecule has 0 aliphatic carbocycles. The lowest BCUT2D eigenvalue weighted by Gasteiger charge is -2.09. The summed E-state index contributed by atoms with van der Waals surface area (Å²) in [6, 6.07) is 17.3. The Morgan fingerprint density at radius 3 is 2.48 bits per heavy atom. The molecule has 0 bridgehead atoms. The first-order valence-corrected chi connectivity index (χ1v) is 8.81. The first-order valence-electron chi connectivity index (χ1n) is 7.56. The van der Waals surface area contributed by atoms with Gasteiger partial charge in [-0.05, 0) is 35.7 Å². The van der Waals surface area contributed by atoms with Gasteiger partial charge in [0.15, 0.2) is 5.76 Å². The zero-order valence-electron chi connectivity index (χ0n) is 12.9. The molecule has 4 aromatic rings. The Kier molecular flexibility index (Phi) is 3.99. The van der Waals surface area contributed by atoms with E-state index in [4.69, 9.17) is 16.0 Å². The molecule has 122 valence electrons. The molecule has 0 radical (unpaired) electrons. The lowest BCUT2D eigenvalue weighted by molar-refractivity contribution is 0.103. The number of fused-ring (bicyclic) bond motifs is 1. The van der Waals surface area contributed by atoms with E-state index < -0.39 is 5.78 Å². The van der Waals surface area contributed by atoms with Crippen molar-refractivity contribution in [1.29, 1.82) is 0 Å². The van der Waals surface area contributed by atoms with Crippen LogP contribution >= 0.6 is 22.9 Å². The van der Waals surface area contributed by atoms with Crippen molar-refractivity contribution in [2.45, 2.75) is 0 Å². The van der Waals surface area contributed by atoms with E-state index in [0.29, 0.717) is 16.0 Å². The molecule has 0 N–H and O–H groups in total. The van der Waals surface area contributed by atoms with Crippen molar-refractivity contribution in [1.82, 2.24) is 0 Å². The number of benzene rings is 2. The van der Waals surface area contributed by atoms with Crippen LogP contribution in [-0.2, 0) is 0 Å². The van der Waals surface area contributed by atoms with Crippen molar-refractivity contribution < 1.29 is 9.21 Å². The predicted molar refractivity (Wildman–Crippen MR) is 101 cm³/mol. The first-order chi connectivity index (χ1) is 12.2. The zero-order chi connectivity index (χ0) is 17.4. The quantitative estimate of drug-likeness (QED) is 0.456. The minimum atomic E-state index is -0.437. The lowest BCUT2D eigenvalue weighted by atomic mass is 9.99. The summed E-state index contributed by atoms with van der Waals surface area (Å²) in [5.41, 5.74) is 0.389. The van der Waals surface area contributed by atoms with Gasteiger partial charge in [-0.25, -0.2) is 0 Å². The average molecular weight is 367 g/mol. The number of rotatable bonds is 3. The molecule has 0 amide bonds. The normalized spacial score (nSPS) is 10.9. The summed E-state index contributed by atoms with van der Waals surface area (Å²) in [7, 11) is 0. The molecule has 0 unspecified atom stereocenters. The van der Waals surface area contributed by atoms with Crippen LogP contribution in [0.1, 0.15) is 15.9 Å². The summed E-state index contributed by atoms with van der Waals surface area (Å²) >= 11 is 7.57. The predicted octanol–water partition coefficient (Wildman–Crippen LogP) is 5.41. The Balaban J connectivity index is 2.07. The SMILES string of the molecule is O=C(c1ccccc1Cl)c1c(-c2cccs2)oc2ccccc2c1=O. The smallest absolute Gasteiger partial charge is 0.204 e. The summed E-state index contributed by atoms with van der Waals surface area (Å²) in [5.74, 6) is -0.155. The molecule has 25 heavy (non-hydrogen) atoms. The van der Waals surface area contributed by atoms with Crippen LogP contribution in [0, 0.1) is 0 Å². The fraction of sp³-hybridized carbons (Fsp3) is 0. The first kappa shape index (κ1) is 15.8. The van der Waals surface area contributed by atoms with Gasteiger partial charge in [-0.15, -0.1) is 11.3 Å². The van der Waals surface area contributed by atoms with Crippen molar-refractivity contribution >= 4 is 39.7 Å². The van der Waals surface area contributed by atoms with E-state index >= 15 is 0 Å². The van der Waals surface area contributed by atoms with Crippen molar-refractivity contribution in [2.24, 2.45) is 0 Å². The van der Waals surface area contributed by atoms with E-state index in [0.717, 1.165) is 4.88 Å². The second-order valence-corrected chi connectivity index (χ2v) is 6.77. The topological polar surface area (TPSA) is 47.3 Å². The molecule has 0 spiro atoms. The zero-order valence-corrected chi connectivity index (χ0v) is 14.4. The molecular weight excluding hydrogens is 356 g/mol. The van der Waals surface area contributed by atoms with Crippen LogP contribution in [0.2, 0.25) is 5.02 Å². The highest BCUT2D eigenvalue weighted by Gasteiger charge is 2.25. The van der Waals surface area contributed by atoms with Crippen LogP contribution in [0.5, 0.6) is 0 Å². The third-order valence-corrected chi connectivity index (χ3v) is 5.09. The molecule has 0 saturated carbocycles. The molecule has 0 aliphatic heterocycles. The van der Waals surface area contributed by atoms with Crippen molar-refractivity contribution in [2.75, 3.05) is 0 Å². The van der Waals surface area contributed by atoms with Crippen molar-refractivity contribution in [3.8, 4) is 10.6 Å². The maximum atomic E-state index is 13.1. The maximum Gasteiger partial charge on any atom is 0.204 e. The number of halogens is 1. The van der Waals surface area contributed by atoms with Crippen LogP contribution < -0.4 is 5.43 Å². The fourth-order valence-corrected chi connectivity index (χ4v) is 3.64. The van der Waals surface area contributed by atoms with Crippen molar-refractivity contribution in [3.05, 3.63) is 92.4 Å². The lowest BCUT2D eigenvalue weighted by Crippen LogP contribution is -2.18. The standard InChI is InChI=1S/C20H11ClO3S/c21-14-8-3-1-6-12(14)18(22)17-19(23)13-7-2-4-9-15(13)24-20(17)16-10-5-11-25-16/h1-11H. The second-order valence-electron chi connectivity index (χ2n) is 5.42. The third kappa shape index (κ3) is 2.69. The summed E-state index contributed by atoms with van der Waals surface area (Å²) in [6.45, 7) is 0. The van der Waals surface area contributed by atoms with E-state index in [1.54, 1.807) is 48.5 Å². The van der Waals surface area contributed by atoms with Crippen LogP contribution in [0.4, 0.5) is 0 Å². The van der Waals surface area contributed by atoms with E-state index in [1.807, 2.05) is 17.5 Å². The number of hydrogen-bond donors (Lipinski definition) is 0. The molecular formula is C20H11ClO3S. The van der Waals surface area contributed by atoms with Crippen LogP contribution in [0.15, 0.2) is 75.3 Å². The Labute approximate surface area is 152 Å². The summed E-state index contributed by atoms with van der Waals surface area (Å²) in [5, 5.41) is 2.55. The highest BCUT2D eigenvalue weighted by Crippen LogP contribution is 2.31. The minimum Gasteiger partial charge on any atom is -0.454 e. The van der Waals surface area contributed by atoms with Gasteiger partial charge in [0.05, 0.1) is 15.3 Å². The van der Waals surface area contributed by atoms with Crippen LogP contribution in [-0.4, -0.2) is 5.78 Å². The van der Waals surface area contributed by atoms with Gasteiger partial charge < -0.3 is 4.42 Å². The van der Waals surface area contributed by atoms with Gasteiger partial charge >= 0.3 is 0 Å². The highest BCUT2D eigenvalue weighted by atomic mass is 35.5. The highest BCUT2D eigenvalue weighted by molar-refractivity contribution is 7.13. The van der Waals surface area contributed by atoms with Gasteiger partial charge in [0.25, 0.3) is 0 Å². The number of para-hydroxylation sites is 1.